The van der Waals surface area contributed by atoms with Crippen molar-refractivity contribution in [1.82, 2.24) is 24.7 Å². The first-order valence-corrected chi connectivity index (χ1v) is 10.6. The average molecular weight is 408 g/mol. The molecule has 0 spiro atoms. The number of esters is 1. The number of carbonyl (C=O) groups is 1. The summed E-state index contributed by atoms with van der Waals surface area (Å²) in [5.74, 6) is 0.695. The lowest BCUT2D eigenvalue weighted by Gasteiger charge is -2.30. The summed E-state index contributed by atoms with van der Waals surface area (Å²) < 4.78 is 8.78. The lowest BCUT2D eigenvalue weighted by Crippen LogP contribution is -2.42. The fourth-order valence-corrected chi connectivity index (χ4v) is 4.44. The standard InChI is InChI=1S/C18H25N5O2S2/c1-3-4-5-14-6-8-15(9-7-14)23-18(26)22(19-20-23)13-21-10-11-27-16(12-21)17(24)25-2/h6-9,16H,3-5,10-13H2,1-2H3/t16-/m1/s1. The van der Waals surface area contributed by atoms with Gasteiger partial charge in [0.2, 0.25) is 4.77 Å². The van der Waals surface area contributed by atoms with Crippen LogP contribution in [0, 0.1) is 4.77 Å². The maximum atomic E-state index is 11.8. The Morgan fingerprint density at radius 3 is 2.81 bits per heavy atom. The molecular weight excluding hydrogens is 382 g/mol. The average Bonchev–Trinajstić information content (AvgIpc) is 3.06. The maximum Gasteiger partial charge on any atom is 0.320 e. The second-order valence-electron chi connectivity index (χ2n) is 6.54. The summed E-state index contributed by atoms with van der Waals surface area (Å²) in [6.45, 7) is 4.21. The lowest BCUT2D eigenvalue weighted by atomic mass is 10.1. The Labute approximate surface area is 168 Å². The highest BCUT2D eigenvalue weighted by Crippen LogP contribution is 2.20. The Morgan fingerprint density at radius 1 is 1.33 bits per heavy atom. The summed E-state index contributed by atoms with van der Waals surface area (Å²) in [7, 11) is 1.43. The largest absolute Gasteiger partial charge is 0.468 e. The molecule has 7 nitrogen and oxygen atoms in total. The van der Waals surface area contributed by atoms with Gasteiger partial charge in [-0.2, -0.15) is 4.68 Å². The summed E-state index contributed by atoms with van der Waals surface area (Å²) >= 11 is 7.19. The first-order chi connectivity index (χ1) is 13.1. The number of methoxy groups -OCH3 is 1. The van der Waals surface area contributed by atoms with Crippen molar-refractivity contribution in [2.45, 2.75) is 38.1 Å². The van der Waals surface area contributed by atoms with Gasteiger partial charge in [0.1, 0.15) is 5.25 Å². The molecule has 0 amide bonds. The van der Waals surface area contributed by atoms with Crippen LogP contribution in [0.4, 0.5) is 0 Å². The summed E-state index contributed by atoms with van der Waals surface area (Å²) in [6, 6.07) is 8.30. The van der Waals surface area contributed by atoms with E-state index >= 15 is 0 Å². The molecule has 0 N–H and O–H groups in total. The zero-order valence-corrected chi connectivity index (χ0v) is 17.3. The molecule has 1 saturated heterocycles. The molecule has 2 aromatic rings. The number of nitrogens with zero attached hydrogens (tertiary/aromatic N) is 5. The van der Waals surface area contributed by atoms with Crippen LogP contribution in [-0.2, 0) is 22.6 Å². The van der Waals surface area contributed by atoms with Crippen LogP contribution in [-0.4, -0.2) is 61.9 Å². The quantitative estimate of drug-likeness (QED) is 0.516. The van der Waals surface area contributed by atoms with Crippen molar-refractivity contribution in [3.05, 3.63) is 34.6 Å². The van der Waals surface area contributed by atoms with Crippen molar-refractivity contribution in [2.75, 3.05) is 26.0 Å². The second kappa shape index (κ2) is 9.48. The molecule has 0 saturated carbocycles. The first-order valence-electron chi connectivity index (χ1n) is 9.16. The van der Waals surface area contributed by atoms with Crippen LogP contribution in [0.1, 0.15) is 25.3 Å². The van der Waals surface area contributed by atoms with Gasteiger partial charge < -0.3 is 4.74 Å². The summed E-state index contributed by atoms with van der Waals surface area (Å²) in [6.07, 6.45) is 3.46. The third kappa shape index (κ3) is 4.97. The highest BCUT2D eigenvalue weighted by Gasteiger charge is 2.27. The molecule has 1 aromatic heterocycles. The fraction of sp³-hybridized carbons (Fsp3) is 0.556. The van der Waals surface area contributed by atoms with Gasteiger partial charge in [0.05, 0.1) is 19.5 Å². The minimum absolute atomic E-state index is 0.163. The fourth-order valence-electron chi connectivity index (χ4n) is 3.00. The van der Waals surface area contributed by atoms with Gasteiger partial charge in [0, 0.05) is 18.8 Å². The van der Waals surface area contributed by atoms with E-state index in [1.165, 1.54) is 25.5 Å². The number of aromatic nitrogens is 4. The number of hydrogen-bond donors (Lipinski definition) is 0. The minimum atomic E-state index is -0.180. The van der Waals surface area contributed by atoms with Gasteiger partial charge in [0.25, 0.3) is 0 Å². The van der Waals surface area contributed by atoms with E-state index in [9.17, 15) is 4.79 Å². The summed E-state index contributed by atoms with van der Waals surface area (Å²) in [4.78, 5) is 13.9. The molecule has 3 rings (SSSR count). The first kappa shape index (κ1) is 20.0. The normalized spacial score (nSPS) is 17.8. The van der Waals surface area contributed by atoms with Crippen molar-refractivity contribution in [3.8, 4) is 5.69 Å². The molecule has 1 aromatic carbocycles. The molecular formula is C18H25N5O2S2. The number of unbranched alkanes of at least 4 members (excludes halogenated alkanes) is 1. The number of thioether (sulfide) groups is 1. The maximum absolute atomic E-state index is 11.8. The lowest BCUT2D eigenvalue weighted by molar-refractivity contribution is -0.140. The molecule has 9 heteroatoms. The summed E-state index contributed by atoms with van der Waals surface area (Å²) in [5, 5.41) is 8.26. The zero-order chi connectivity index (χ0) is 19.2. The van der Waals surface area contributed by atoms with Crippen LogP contribution < -0.4 is 0 Å². The zero-order valence-electron chi connectivity index (χ0n) is 15.7. The van der Waals surface area contributed by atoms with Gasteiger partial charge >= 0.3 is 5.97 Å². The monoisotopic (exact) mass is 407 g/mol. The van der Waals surface area contributed by atoms with Crippen LogP contribution in [0.2, 0.25) is 0 Å². The molecule has 0 bridgehead atoms. The van der Waals surface area contributed by atoms with Crippen LogP contribution >= 0.6 is 24.0 Å². The highest BCUT2D eigenvalue weighted by molar-refractivity contribution is 8.00. The van der Waals surface area contributed by atoms with Crippen LogP contribution in [0.15, 0.2) is 24.3 Å². The molecule has 0 unspecified atom stereocenters. The van der Waals surface area contributed by atoms with Crippen molar-refractivity contribution >= 4 is 29.9 Å². The Hall–Kier alpha value is -1.71. The van der Waals surface area contributed by atoms with Gasteiger partial charge in [0.15, 0.2) is 0 Å². The Morgan fingerprint density at radius 2 is 2.11 bits per heavy atom. The molecule has 27 heavy (non-hydrogen) atoms. The smallest absolute Gasteiger partial charge is 0.320 e. The molecule has 1 fully saturated rings. The number of benzene rings is 1. The number of aryl methyl sites for hydroxylation is 1. The topological polar surface area (TPSA) is 65.2 Å². The number of rotatable bonds is 7. The van der Waals surface area contributed by atoms with Gasteiger partial charge in [-0.3, -0.25) is 9.69 Å². The molecule has 0 aliphatic carbocycles. The van der Waals surface area contributed by atoms with Gasteiger partial charge in [-0.25, -0.2) is 4.68 Å². The number of hydrogen-bond acceptors (Lipinski definition) is 7. The van der Waals surface area contributed by atoms with Gasteiger partial charge in [-0.05, 0) is 53.2 Å². The minimum Gasteiger partial charge on any atom is -0.468 e. The van der Waals surface area contributed by atoms with Crippen LogP contribution in [0.5, 0.6) is 0 Å². The Balaban J connectivity index is 1.68. The van der Waals surface area contributed by atoms with E-state index in [0.29, 0.717) is 18.0 Å². The molecule has 1 aliphatic rings. The van der Waals surface area contributed by atoms with Gasteiger partial charge in [-0.1, -0.05) is 25.5 Å². The highest BCUT2D eigenvalue weighted by atomic mass is 32.2. The number of carbonyl (C=O) groups excluding carboxylic acids is 1. The van der Waals surface area contributed by atoms with E-state index in [-0.39, 0.29) is 11.2 Å². The van der Waals surface area contributed by atoms with E-state index in [2.05, 4.69) is 34.4 Å². The van der Waals surface area contributed by atoms with Crippen molar-refractivity contribution in [3.63, 3.8) is 0 Å². The Kier molecular flexibility index (Phi) is 7.03. The number of ether oxygens (including phenoxy) is 1. The van der Waals surface area contributed by atoms with E-state index in [4.69, 9.17) is 17.0 Å². The molecule has 0 radical (unpaired) electrons. The third-order valence-electron chi connectivity index (χ3n) is 4.59. The predicted molar refractivity (Wildman–Crippen MR) is 109 cm³/mol. The molecule has 146 valence electrons. The predicted octanol–water partition coefficient (Wildman–Crippen LogP) is 2.69. The van der Waals surface area contributed by atoms with Crippen LogP contribution in [0.25, 0.3) is 5.69 Å². The third-order valence-corrected chi connectivity index (χ3v) is 6.13. The van der Waals surface area contributed by atoms with Crippen molar-refractivity contribution in [1.29, 1.82) is 0 Å². The Bertz CT molecular complexity index is 818. The molecule has 2 heterocycles. The van der Waals surface area contributed by atoms with Gasteiger partial charge in [-0.15, -0.1) is 11.8 Å². The number of tetrazole rings is 1. The van der Waals surface area contributed by atoms with E-state index in [1.54, 1.807) is 21.1 Å². The second-order valence-corrected chi connectivity index (χ2v) is 8.22. The van der Waals surface area contributed by atoms with E-state index in [0.717, 1.165) is 24.4 Å². The van der Waals surface area contributed by atoms with Crippen molar-refractivity contribution < 1.29 is 9.53 Å². The summed E-state index contributed by atoms with van der Waals surface area (Å²) in [5.41, 5.74) is 2.23. The molecule has 1 atom stereocenters. The SMILES string of the molecule is CCCCc1ccc(-n2nnn(CN3CCS[C@@H](C(=O)OC)C3)c2=S)cc1. The van der Waals surface area contributed by atoms with E-state index < -0.39 is 0 Å². The van der Waals surface area contributed by atoms with Crippen molar-refractivity contribution in [2.24, 2.45) is 0 Å². The molecule has 1 aliphatic heterocycles. The van der Waals surface area contributed by atoms with E-state index in [1.807, 2.05) is 12.1 Å². The van der Waals surface area contributed by atoms with Crippen LogP contribution in [0.3, 0.4) is 0 Å².